The molecule has 0 aromatic rings. The molecule has 6 heteroatoms. The first-order valence-electron chi connectivity index (χ1n) is 20.7. The molecule has 0 rings (SSSR count). The van der Waals surface area contributed by atoms with Crippen LogP contribution in [0.3, 0.4) is 0 Å². The number of unbranched alkanes of at least 4 members (excludes halogenated alkanes) is 21. The highest BCUT2D eigenvalue weighted by Gasteiger charge is 2.20. The van der Waals surface area contributed by atoms with E-state index in [0.717, 1.165) is 24.9 Å². The molecule has 0 N–H and O–H groups in total. The Morgan fingerprint density at radius 3 is 0.766 bits per heavy atom. The van der Waals surface area contributed by atoms with E-state index in [-0.39, 0.29) is 0 Å². The molecule has 0 spiro atoms. The van der Waals surface area contributed by atoms with Crippen molar-refractivity contribution in [2.75, 3.05) is 33.8 Å². The maximum Gasteiger partial charge on any atom is 0.217 e. The zero-order valence-electron chi connectivity index (χ0n) is 33.4. The Morgan fingerprint density at radius 1 is 0.426 bits per heavy atom. The van der Waals surface area contributed by atoms with Crippen LogP contribution in [0.2, 0.25) is 0 Å². The highest BCUT2D eigenvalue weighted by molar-refractivity contribution is 7.80. The van der Waals surface area contributed by atoms with Crippen molar-refractivity contribution in [1.82, 2.24) is 0 Å². The normalized spacial score (nSPS) is 12.3. The number of rotatable bonds is 34. The van der Waals surface area contributed by atoms with Crippen molar-refractivity contribution in [3.05, 3.63) is 0 Å². The lowest BCUT2D eigenvalue weighted by Crippen LogP contribution is -2.46. The van der Waals surface area contributed by atoms with E-state index < -0.39 is 10.4 Å². The Hall–Kier alpha value is -0.170. The highest BCUT2D eigenvalue weighted by atomic mass is 32.3. The van der Waals surface area contributed by atoms with E-state index in [1.54, 1.807) is 0 Å². The van der Waals surface area contributed by atoms with Crippen LogP contribution in [-0.2, 0) is 14.6 Å². The maximum absolute atomic E-state index is 9.22. The van der Waals surface area contributed by atoms with E-state index in [9.17, 15) is 13.0 Å². The van der Waals surface area contributed by atoms with Crippen molar-refractivity contribution in [1.29, 1.82) is 0 Å². The standard InChI is InChI=1S/C40H84N.CH4O4S/c1-38(2)32-26-20-14-8-11-17-23-29-35-41(7,36-30-24-18-12-9-15-21-27-33-39(3)4)37-31-25-19-13-10-16-22-28-34-40(5)6;1-5-6(2,3)4/h38-40H,8-37H2,1-7H3;1H3,(H,2,3,4)/q+1;/p-1. The molecule has 0 aromatic carbocycles. The zero-order chi connectivity index (χ0) is 35.7. The Balaban J connectivity index is 0. The Labute approximate surface area is 297 Å². The summed E-state index contributed by atoms with van der Waals surface area (Å²) in [4.78, 5) is 0. The van der Waals surface area contributed by atoms with Gasteiger partial charge in [-0.25, -0.2) is 8.42 Å². The summed E-state index contributed by atoms with van der Waals surface area (Å²) in [5, 5.41) is 0. The lowest BCUT2D eigenvalue weighted by Gasteiger charge is -2.35. The van der Waals surface area contributed by atoms with Gasteiger partial charge in [-0.3, -0.25) is 4.18 Å². The first kappa shape index (κ1) is 48.9. The summed E-state index contributed by atoms with van der Waals surface area (Å²) in [5.74, 6) is 2.66. The van der Waals surface area contributed by atoms with Gasteiger partial charge >= 0.3 is 0 Å². The summed E-state index contributed by atoms with van der Waals surface area (Å²) in [7, 11) is -0.995. The molecular weight excluding hydrogens is 603 g/mol. The van der Waals surface area contributed by atoms with Gasteiger partial charge in [0, 0.05) is 0 Å². The number of quaternary nitrogens is 1. The van der Waals surface area contributed by atoms with Crippen molar-refractivity contribution in [2.24, 2.45) is 17.8 Å². The minimum Gasteiger partial charge on any atom is -0.726 e. The highest BCUT2D eigenvalue weighted by Crippen LogP contribution is 2.18. The summed E-state index contributed by atoms with van der Waals surface area (Å²) in [6.45, 7) is 18.5. The molecule has 5 nitrogen and oxygen atoms in total. The number of hydrogen-bond acceptors (Lipinski definition) is 4. The quantitative estimate of drug-likeness (QED) is 0.0292. The third kappa shape index (κ3) is 43.8. The van der Waals surface area contributed by atoms with E-state index >= 15 is 0 Å². The van der Waals surface area contributed by atoms with Crippen LogP contribution in [0.4, 0.5) is 0 Å². The first-order valence-corrected chi connectivity index (χ1v) is 22.0. The average Bonchev–Trinajstić information content (AvgIpc) is 2.99. The molecule has 0 unspecified atom stereocenters. The lowest BCUT2D eigenvalue weighted by atomic mass is 10.0. The van der Waals surface area contributed by atoms with Crippen molar-refractivity contribution in [2.45, 2.75) is 215 Å². The van der Waals surface area contributed by atoms with E-state index in [1.165, 1.54) is 197 Å². The topological polar surface area (TPSA) is 66.4 Å². The van der Waals surface area contributed by atoms with E-state index in [1.807, 2.05) is 0 Å². The van der Waals surface area contributed by atoms with Crippen molar-refractivity contribution in [3.63, 3.8) is 0 Å². The smallest absolute Gasteiger partial charge is 0.217 e. The van der Waals surface area contributed by atoms with Crippen molar-refractivity contribution in [3.8, 4) is 0 Å². The van der Waals surface area contributed by atoms with Gasteiger partial charge in [-0.2, -0.15) is 0 Å². The lowest BCUT2D eigenvalue weighted by molar-refractivity contribution is -0.910. The van der Waals surface area contributed by atoms with Gasteiger partial charge in [-0.1, -0.05) is 176 Å². The van der Waals surface area contributed by atoms with E-state index in [2.05, 4.69) is 52.8 Å². The number of nitrogens with zero attached hydrogens (tertiary/aromatic N) is 1. The van der Waals surface area contributed by atoms with E-state index in [0.29, 0.717) is 0 Å². The summed E-state index contributed by atoms with van der Waals surface area (Å²) >= 11 is 0. The van der Waals surface area contributed by atoms with Crippen LogP contribution < -0.4 is 0 Å². The third-order valence-electron chi connectivity index (χ3n) is 9.89. The average molecular weight is 690 g/mol. The molecule has 0 bridgehead atoms. The van der Waals surface area contributed by atoms with Crippen LogP contribution in [0.1, 0.15) is 215 Å². The molecule has 0 aliphatic carbocycles. The molecule has 0 saturated carbocycles. The van der Waals surface area contributed by atoms with Crippen LogP contribution in [0, 0.1) is 17.8 Å². The van der Waals surface area contributed by atoms with Crippen LogP contribution in [0.5, 0.6) is 0 Å². The second-order valence-corrected chi connectivity index (χ2v) is 17.5. The van der Waals surface area contributed by atoms with Crippen molar-refractivity contribution < 1.29 is 21.6 Å². The Bertz CT molecular complexity index is 654. The zero-order valence-corrected chi connectivity index (χ0v) is 34.3. The molecule has 0 saturated heterocycles. The van der Waals surface area contributed by atoms with Gasteiger partial charge in [0.05, 0.1) is 33.8 Å². The predicted octanol–water partition coefficient (Wildman–Crippen LogP) is 13.0. The molecule has 0 atom stereocenters. The predicted molar refractivity (Wildman–Crippen MR) is 207 cm³/mol. The molecule has 0 amide bonds. The van der Waals surface area contributed by atoms with Gasteiger partial charge in [-0.15, -0.1) is 0 Å². The largest absolute Gasteiger partial charge is 0.726 e. The molecule has 0 heterocycles. The third-order valence-corrected chi connectivity index (χ3v) is 10.3. The van der Waals surface area contributed by atoms with Gasteiger partial charge in [-0.05, 0) is 56.3 Å². The second-order valence-electron chi connectivity index (χ2n) is 16.4. The summed E-state index contributed by atoms with van der Waals surface area (Å²) < 4.78 is 32.4. The van der Waals surface area contributed by atoms with Gasteiger partial charge in [0.15, 0.2) is 0 Å². The maximum atomic E-state index is 9.22. The Morgan fingerprint density at radius 2 is 0.596 bits per heavy atom. The van der Waals surface area contributed by atoms with Crippen LogP contribution in [0.15, 0.2) is 0 Å². The molecule has 0 aromatic heterocycles. The van der Waals surface area contributed by atoms with Crippen molar-refractivity contribution >= 4 is 10.4 Å². The molecule has 286 valence electrons. The minimum absolute atomic E-state index is 0.808. The number of hydrogen-bond donors (Lipinski definition) is 0. The Kier molecular flexibility index (Phi) is 35.7. The van der Waals surface area contributed by atoms with Gasteiger partial charge in [0.2, 0.25) is 10.4 Å². The monoisotopic (exact) mass is 690 g/mol. The molecule has 0 aliphatic heterocycles. The van der Waals surface area contributed by atoms with Gasteiger partial charge < -0.3 is 9.04 Å². The molecular formula is C41H87NO4S. The fourth-order valence-electron chi connectivity index (χ4n) is 6.66. The second kappa shape index (κ2) is 34.3. The SMILES string of the molecule is CC(C)CCCCCCCCCC[N+](C)(CCCCCCCCCCC(C)C)CCCCCCCCCCC(C)C.COS(=O)(=O)[O-]. The summed E-state index contributed by atoms with van der Waals surface area (Å²) in [6, 6.07) is 0. The minimum atomic E-state index is -4.41. The fraction of sp³-hybridized carbons (Fsp3) is 1.00. The van der Waals surface area contributed by atoms with Crippen LogP contribution >= 0.6 is 0 Å². The van der Waals surface area contributed by atoms with Gasteiger partial charge in [0.25, 0.3) is 0 Å². The molecule has 47 heavy (non-hydrogen) atoms. The molecule has 0 radical (unpaired) electrons. The molecule has 0 fully saturated rings. The molecule has 0 aliphatic rings. The van der Waals surface area contributed by atoms with E-state index in [4.69, 9.17) is 0 Å². The van der Waals surface area contributed by atoms with Crippen LogP contribution in [-0.4, -0.2) is 51.2 Å². The summed E-state index contributed by atoms with van der Waals surface area (Å²) in [5.41, 5.74) is 0. The first-order chi connectivity index (χ1) is 22.3. The fourth-order valence-corrected chi connectivity index (χ4v) is 6.66. The summed E-state index contributed by atoms with van der Waals surface area (Å²) in [6.07, 6.45) is 39.4. The van der Waals surface area contributed by atoms with Crippen LogP contribution in [0.25, 0.3) is 0 Å². The van der Waals surface area contributed by atoms with Gasteiger partial charge in [0.1, 0.15) is 0 Å².